The van der Waals surface area contributed by atoms with E-state index in [0.29, 0.717) is 55.7 Å². The largest absolute Gasteiger partial charge is 0.435 e. The van der Waals surface area contributed by atoms with E-state index in [1.165, 1.54) is 16.0 Å². The summed E-state index contributed by atoms with van der Waals surface area (Å²) in [5.41, 5.74) is -1.81. The molecule has 2 fully saturated rings. The summed E-state index contributed by atoms with van der Waals surface area (Å²) in [6.07, 6.45) is -4.40. The number of aryl methyl sites for hydroxylation is 1. The van der Waals surface area contributed by atoms with Gasteiger partial charge in [-0.2, -0.15) is 37.1 Å². The molecule has 4 aromatic heterocycles. The second-order valence-corrected chi connectivity index (χ2v) is 18.1. The van der Waals surface area contributed by atoms with E-state index < -0.39 is 81.0 Å². The lowest BCUT2D eigenvalue weighted by Crippen LogP contribution is -2.47. The van der Waals surface area contributed by atoms with E-state index in [9.17, 15) is 40.0 Å². The van der Waals surface area contributed by atoms with Gasteiger partial charge in [0, 0.05) is 54.2 Å². The SMILES string of the molecule is Cn1nc(NS(C)(=O)=O)c2cccc(-c3cc4sc(N5CCNC(=O)C5)nc4nc3[C@H](Cc3cc(F)cc(F)c3)NC(=O)Cn3nc(C(F)(F)F)c4c3C(F)(F)[C@@H]3CC[C@H]43)c21. The van der Waals surface area contributed by atoms with Gasteiger partial charge in [-0.1, -0.05) is 23.5 Å². The fraction of sp³-hybridized carbons (Fsp3) is 0.368. The number of carbonyl (C=O) groups is 2. The van der Waals surface area contributed by atoms with E-state index in [4.69, 9.17) is 4.98 Å². The quantitative estimate of drug-likeness (QED) is 0.145. The molecule has 3 atom stereocenters. The van der Waals surface area contributed by atoms with Crippen molar-refractivity contribution in [1.82, 2.24) is 40.2 Å². The number of nitrogens with zero attached hydrogens (tertiary/aromatic N) is 7. The van der Waals surface area contributed by atoms with Crippen molar-refractivity contribution in [3.8, 4) is 11.1 Å². The number of sulfonamides is 1. The first-order valence-corrected chi connectivity index (χ1v) is 21.5. The van der Waals surface area contributed by atoms with Crippen LogP contribution in [0.25, 0.3) is 32.4 Å². The van der Waals surface area contributed by atoms with Crippen LogP contribution in [-0.4, -0.2) is 75.7 Å². The van der Waals surface area contributed by atoms with Crippen molar-refractivity contribution in [2.75, 3.05) is 35.5 Å². The summed E-state index contributed by atoms with van der Waals surface area (Å²) in [5, 5.41) is 14.1. The van der Waals surface area contributed by atoms with Crippen LogP contribution in [0.2, 0.25) is 0 Å². The minimum atomic E-state index is -5.08. The van der Waals surface area contributed by atoms with Gasteiger partial charge in [-0.25, -0.2) is 22.2 Å². The maximum Gasteiger partial charge on any atom is 0.435 e. The molecule has 9 rings (SSSR count). The number of anilines is 2. The van der Waals surface area contributed by atoms with Gasteiger partial charge in [0.05, 0.1) is 34.8 Å². The minimum absolute atomic E-state index is 0.00150. The van der Waals surface area contributed by atoms with Crippen LogP contribution in [0.4, 0.5) is 41.7 Å². The highest BCUT2D eigenvalue weighted by Gasteiger charge is 2.63. The van der Waals surface area contributed by atoms with Crippen molar-refractivity contribution in [3.63, 3.8) is 0 Å². The van der Waals surface area contributed by atoms with Crippen molar-refractivity contribution in [1.29, 1.82) is 0 Å². The molecule has 14 nitrogen and oxygen atoms in total. The number of pyridine rings is 1. The van der Waals surface area contributed by atoms with E-state index in [-0.39, 0.29) is 54.4 Å². The molecule has 1 saturated carbocycles. The monoisotopic (exact) mass is 890 g/mol. The molecule has 6 aromatic rings. The summed E-state index contributed by atoms with van der Waals surface area (Å²) in [5.74, 6) is -9.34. The summed E-state index contributed by atoms with van der Waals surface area (Å²) in [6.45, 7) is -0.302. The number of amides is 2. The molecule has 3 aliphatic rings. The summed E-state index contributed by atoms with van der Waals surface area (Å²) in [4.78, 5) is 37.7. The molecule has 2 amide bonds. The average molecular weight is 891 g/mol. The third kappa shape index (κ3) is 7.29. The summed E-state index contributed by atoms with van der Waals surface area (Å²) >= 11 is 1.20. The van der Waals surface area contributed by atoms with Crippen molar-refractivity contribution in [3.05, 3.63) is 82.3 Å². The van der Waals surface area contributed by atoms with Gasteiger partial charge in [0.2, 0.25) is 21.8 Å². The Balaban J connectivity index is 1.20. The summed E-state index contributed by atoms with van der Waals surface area (Å²) < 4.78 is 133. The molecule has 1 aliphatic heterocycles. The number of rotatable bonds is 10. The minimum Gasteiger partial charge on any atom is -0.353 e. The fourth-order valence-corrected chi connectivity index (χ4v) is 10.1. The van der Waals surface area contributed by atoms with Gasteiger partial charge in [-0.15, -0.1) is 0 Å². The van der Waals surface area contributed by atoms with Crippen LogP contribution >= 0.6 is 11.3 Å². The first-order chi connectivity index (χ1) is 28.7. The van der Waals surface area contributed by atoms with Gasteiger partial charge in [-0.05, 0) is 55.0 Å². The van der Waals surface area contributed by atoms with Crippen molar-refractivity contribution < 1.29 is 48.7 Å². The summed E-state index contributed by atoms with van der Waals surface area (Å²) in [6, 6.07) is 7.89. The van der Waals surface area contributed by atoms with E-state index >= 15 is 8.78 Å². The van der Waals surface area contributed by atoms with Crippen LogP contribution < -0.4 is 20.3 Å². The second kappa shape index (κ2) is 14.4. The van der Waals surface area contributed by atoms with Crippen LogP contribution in [0, 0.1) is 17.6 Å². The molecule has 61 heavy (non-hydrogen) atoms. The predicted octanol–water partition coefficient (Wildman–Crippen LogP) is 5.75. The zero-order valence-electron chi connectivity index (χ0n) is 31.9. The highest BCUT2D eigenvalue weighted by molar-refractivity contribution is 7.92. The number of thiazole rings is 1. The Morgan fingerprint density at radius 3 is 2.49 bits per heavy atom. The number of para-hydroxylation sites is 1. The Labute approximate surface area is 345 Å². The standard InChI is InChI=1S/C38H33F7N10O4S2/c1-53-31-20(4-3-5-22(31)34(51-53)52-61(2,58)59)23-14-26-35(49-36(60-26)54-9-8-46-27(56)15-54)48-30(23)25(12-17-10-18(39)13-19(40)11-17)47-28(57)16-55-33-29(32(50-55)38(43,44)45)21-6-7-24(21)37(33,41)42/h3-5,10-11,13-14,21,24-25H,6-9,12,15-16H2,1-2H3,(H,46,56)(H,47,57)(H,51,52)/t21-,24+,25-/m0/s1. The Morgan fingerprint density at radius 2 is 1.82 bits per heavy atom. The lowest BCUT2D eigenvalue weighted by Gasteiger charge is -2.34. The third-order valence-corrected chi connectivity index (χ3v) is 12.8. The maximum atomic E-state index is 15.7. The molecule has 0 unspecified atom stereocenters. The van der Waals surface area contributed by atoms with E-state index in [2.05, 4.69) is 30.5 Å². The van der Waals surface area contributed by atoms with Gasteiger partial charge >= 0.3 is 6.18 Å². The molecule has 5 heterocycles. The van der Waals surface area contributed by atoms with E-state index in [1.807, 2.05) is 0 Å². The number of halogens is 7. The number of alkyl halides is 5. The molecule has 1 saturated heterocycles. The van der Waals surface area contributed by atoms with Crippen molar-refractivity contribution in [2.45, 2.75) is 49.9 Å². The van der Waals surface area contributed by atoms with Crippen LogP contribution in [0.1, 0.15) is 53.0 Å². The molecule has 0 bridgehead atoms. The van der Waals surface area contributed by atoms with Crippen LogP contribution in [0.5, 0.6) is 0 Å². The number of piperazine rings is 1. The topological polar surface area (TPSA) is 169 Å². The van der Waals surface area contributed by atoms with Crippen LogP contribution in [-0.2, 0) is 51.7 Å². The van der Waals surface area contributed by atoms with Gasteiger partial charge in [0.25, 0.3) is 5.92 Å². The molecule has 3 N–H and O–H groups in total. The van der Waals surface area contributed by atoms with E-state index in [0.717, 1.165) is 18.4 Å². The van der Waals surface area contributed by atoms with Gasteiger partial charge in [0.1, 0.15) is 23.9 Å². The van der Waals surface area contributed by atoms with Gasteiger partial charge in [0.15, 0.2) is 22.3 Å². The third-order valence-electron chi connectivity index (χ3n) is 11.2. The molecule has 2 aliphatic carbocycles. The molecular weight excluding hydrogens is 858 g/mol. The molecule has 320 valence electrons. The average Bonchev–Trinajstić information content (AvgIpc) is 3.85. The number of benzene rings is 2. The molecular formula is C38H33F7N10O4S2. The molecule has 23 heteroatoms. The van der Waals surface area contributed by atoms with Gasteiger partial charge < -0.3 is 15.5 Å². The lowest BCUT2D eigenvalue weighted by molar-refractivity contribution is -0.144. The molecule has 2 aromatic carbocycles. The second-order valence-electron chi connectivity index (χ2n) is 15.3. The smallest absolute Gasteiger partial charge is 0.353 e. The normalized spacial score (nSPS) is 19.1. The maximum absolute atomic E-state index is 15.7. The van der Waals surface area contributed by atoms with Crippen molar-refractivity contribution in [2.24, 2.45) is 13.0 Å². The van der Waals surface area contributed by atoms with Crippen molar-refractivity contribution >= 4 is 65.4 Å². The molecule has 0 spiro atoms. The first kappa shape index (κ1) is 40.6. The zero-order valence-corrected chi connectivity index (χ0v) is 33.6. The lowest BCUT2D eigenvalue weighted by atomic mass is 9.73. The first-order valence-electron chi connectivity index (χ1n) is 18.8. The number of nitrogens with one attached hydrogen (secondary N) is 3. The Hall–Kier alpha value is -5.84. The van der Waals surface area contributed by atoms with Crippen LogP contribution in [0.3, 0.4) is 0 Å². The Bertz CT molecular complexity index is 2890. The highest BCUT2D eigenvalue weighted by atomic mass is 32.2. The zero-order chi connectivity index (χ0) is 43.3. The predicted molar refractivity (Wildman–Crippen MR) is 208 cm³/mol. The number of hydrogen-bond acceptors (Lipinski definition) is 10. The highest BCUT2D eigenvalue weighted by Crippen LogP contribution is 2.64. The molecule has 0 radical (unpaired) electrons. The van der Waals surface area contributed by atoms with E-state index in [1.54, 1.807) is 36.2 Å². The number of carbonyl (C=O) groups excluding carboxylic acids is 2. The fourth-order valence-electron chi connectivity index (χ4n) is 8.60. The number of aromatic nitrogens is 6. The number of fused-ring (bicyclic) bond motifs is 5. The number of hydrogen-bond donors (Lipinski definition) is 3. The van der Waals surface area contributed by atoms with Gasteiger partial charge in [-0.3, -0.25) is 23.7 Å². The Morgan fingerprint density at radius 1 is 1.07 bits per heavy atom. The Kier molecular flexibility index (Phi) is 9.56. The van der Waals surface area contributed by atoms with Crippen LogP contribution in [0.15, 0.2) is 42.5 Å². The summed E-state index contributed by atoms with van der Waals surface area (Å²) in [7, 11) is -2.24.